The molecule has 6 nitrogen and oxygen atoms in total. The summed E-state index contributed by atoms with van der Waals surface area (Å²) in [4.78, 5) is 27.6. The second-order valence-corrected chi connectivity index (χ2v) is 9.43. The van der Waals surface area contributed by atoms with Gasteiger partial charge in [-0.15, -0.1) is 0 Å². The third-order valence-electron chi connectivity index (χ3n) is 7.96. The molecule has 5 aliphatic rings. The third-order valence-corrected chi connectivity index (χ3v) is 7.96. The Hall–Kier alpha value is -1.14. The highest BCUT2D eigenvalue weighted by Gasteiger charge is 2.72. The van der Waals surface area contributed by atoms with Crippen molar-refractivity contribution in [2.45, 2.75) is 70.8 Å². The first kappa shape index (κ1) is 18.2. The Morgan fingerprint density at radius 2 is 2.08 bits per heavy atom. The van der Waals surface area contributed by atoms with Gasteiger partial charge in [0, 0.05) is 26.6 Å². The quantitative estimate of drug-likeness (QED) is 0.757. The van der Waals surface area contributed by atoms with Gasteiger partial charge in [-0.1, -0.05) is 13.8 Å². The van der Waals surface area contributed by atoms with Gasteiger partial charge >= 0.3 is 0 Å². The van der Waals surface area contributed by atoms with Gasteiger partial charge in [0.25, 0.3) is 17.4 Å². The highest BCUT2D eigenvalue weighted by Crippen LogP contribution is 2.61. The van der Waals surface area contributed by atoms with Crippen molar-refractivity contribution >= 4 is 11.8 Å². The van der Waals surface area contributed by atoms with Gasteiger partial charge in [0.15, 0.2) is 0 Å². The van der Waals surface area contributed by atoms with Crippen molar-refractivity contribution in [3.63, 3.8) is 0 Å². The molecule has 3 aliphatic carbocycles. The fourth-order valence-electron chi connectivity index (χ4n) is 6.02. The highest BCUT2D eigenvalue weighted by atomic mass is 16.6. The lowest BCUT2D eigenvalue weighted by Gasteiger charge is -2.60. The van der Waals surface area contributed by atoms with Gasteiger partial charge in [-0.05, 0) is 56.3 Å². The van der Waals surface area contributed by atoms with Gasteiger partial charge in [0.05, 0.1) is 0 Å². The average molecular weight is 364 g/mol. The molecule has 3 saturated carbocycles. The van der Waals surface area contributed by atoms with E-state index in [0.29, 0.717) is 36.8 Å². The number of amides is 2. The van der Waals surface area contributed by atoms with E-state index in [2.05, 4.69) is 19.2 Å². The lowest BCUT2D eigenvalue weighted by atomic mass is 9.45. The molecule has 0 unspecified atom stereocenters. The molecule has 0 aromatic rings. The Balaban J connectivity index is 1.49. The van der Waals surface area contributed by atoms with Crippen LogP contribution in [0.15, 0.2) is 0 Å². The molecule has 5 rings (SSSR count). The lowest BCUT2D eigenvalue weighted by Crippen LogP contribution is -2.63. The zero-order valence-corrected chi connectivity index (χ0v) is 16.6. The molecule has 4 bridgehead atoms. The van der Waals surface area contributed by atoms with Crippen molar-refractivity contribution in [2.24, 2.45) is 23.2 Å². The standard InChI is InChI=1S/C20H32N2O4/c1-6-25-15-10-19(4)22(5)17(24)20(15,26-19)16(23)21-11-12-7-8-13-9-14(12)18(13,2)3/h12-15H,6-11H2,1-5H3,(H,21,23)/t12-,13-,14-,15+,19-,20-/m0/s1. The van der Waals surface area contributed by atoms with Crippen LogP contribution in [0.3, 0.4) is 0 Å². The summed E-state index contributed by atoms with van der Waals surface area (Å²) in [6, 6.07) is 0. The van der Waals surface area contributed by atoms with Gasteiger partial charge in [-0.2, -0.15) is 0 Å². The number of piperidine rings is 1. The summed E-state index contributed by atoms with van der Waals surface area (Å²) in [5.74, 6) is 1.38. The van der Waals surface area contributed by atoms with E-state index in [1.54, 1.807) is 11.9 Å². The Bertz CT molecular complexity index is 633. The van der Waals surface area contributed by atoms with E-state index in [1.807, 2.05) is 13.8 Å². The molecule has 0 spiro atoms. The fraction of sp³-hybridized carbons (Fsp3) is 0.900. The second-order valence-electron chi connectivity index (χ2n) is 9.43. The van der Waals surface area contributed by atoms with Crippen LogP contribution in [-0.4, -0.2) is 54.3 Å². The smallest absolute Gasteiger partial charge is 0.269 e. The lowest BCUT2D eigenvalue weighted by molar-refractivity contribution is -0.162. The number of ether oxygens (including phenoxy) is 2. The first-order valence-electron chi connectivity index (χ1n) is 10.0. The number of nitrogens with zero attached hydrogens (tertiary/aromatic N) is 1. The number of likely N-dealkylation sites (N-methyl/N-ethyl adjacent to an activating group) is 1. The van der Waals surface area contributed by atoms with Crippen LogP contribution < -0.4 is 5.32 Å². The van der Waals surface area contributed by atoms with Crippen LogP contribution in [0, 0.1) is 23.2 Å². The van der Waals surface area contributed by atoms with E-state index in [0.717, 1.165) is 12.3 Å². The molecular formula is C20H32N2O4. The van der Waals surface area contributed by atoms with E-state index >= 15 is 0 Å². The molecule has 146 valence electrons. The van der Waals surface area contributed by atoms with Crippen LogP contribution >= 0.6 is 0 Å². The summed E-state index contributed by atoms with van der Waals surface area (Å²) in [5, 5.41) is 3.07. The van der Waals surface area contributed by atoms with E-state index in [9.17, 15) is 9.59 Å². The van der Waals surface area contributed by atoms with Crippen LogP contribution in [0.25, 0.3) is 0 Å². The molecule has 6 heteroatoms. The Kier molecular flexibility index (Phi) is 3.98. The van der Waals surface area contributed by atoms with Crippen molar-refractivity contribution in [3.8, 4) is 0 Å². The minimum absolute atomic E-state index is 0.283. The van der Waals surface area contributed by atoms with Crippen LogP contribution in [0.1, 0.15) is 53.4 Å². The van der Waals surface area contributed by atoms with E-state index in [-0.39, 0.29) is 11.8 Å². The summed E-state index contributed by atoms with van der Waals surface area (Å²) in [6.07, 6.45) is 3.69. The van der Waals surface area contributed by atoms with Crippen molar-refractivity contribution < 1.29 is 19.1 Å². The molecule has 26 heavy (non-hydrogen) atoms. The Morgan fingerprint density at radius 1 is 1.35 bits per heavy atom. The van der Waals surface area contributed by atoms with Crippen LogP contribution in [0.2, 0.25) is 0 Å². The zero-order chi connectivity index (χ0) is 18.9. The minimum Gasteiger partial charge on any atom is -0.374 e. The molecule has 2 aliphatic heterocycles. The average Bonchev–Trinajstić information content (AvgIpc) is 3.02. The summed E-state index contributed by atoms with van der Waals surface area (Å²) in [7, 11) is 1.71. The van der Waals surface area contributed by atoms with Gasteiger partial charge < -0.3 is 19.7 Å². The van der Waals surface area contributed by atoms with E-state index in [1.165, 1.54) is 12.8 Å². The number of hydrogen-bond acceptors (Lipinski definition) is 4. The maximum atomic E-state index is 13.2. The normalized spacial score (nSPS) is 45.6. The Labute approximate surface area is 156 Å². The molecule has 1 N–H and O–H groups in total. The van der Waals surface area contributed by atoms with Gasteiger partial charge in [-0.25, -0.2) is 0 Å². The fourth-order valence-corrected chi connectivity index (χ4v) is 6.02. The van der Waals surface area contributed by atoms with E-state index in [4.69, 9.17) is 9.47 Å². The third kappa shape index (κ3) is 2.18. The number of likely N-dealkylation sites (tertiary alicyclic amines) is 1. The van der Waals surface area contributed by atoms with Gasteiger partial charge in [0.1, 0.15) is 11.8 Å². The zero-order valence-electron chi connectivity index (χ0n) is 16.6. The predicted molar refractivity (Wildman–Crippen MR) is 96.1 cm³/mol. The molecular weight excluding hydrogens is 332 g/mol. The number of hydrogen-bond donors (Lipinski definition) is 1. The largest absolute Gasteiger partial charge is 0.374 e. The second kappa shape index (κ2) is 5.68. The van der Waals surface area contributed by atoms with Crippen LogP contribution in [0.5, 0.6) is 0 Å². The van der Waals surface area contributed by atoms with Crippen molar-refractivity contribution in [3.05, 3.63) is 0 Å². The summed E-state index contributed by atoms with van der Waals surface area (Å²) < 4.78 is 11.8. The maximum absolute atomic E-state index is 13.2. The van der Waals surface area contributed by atoms with Gasteiger partial charge in [-0.3, -0.25) is 9.59 Å². The summed E-state index contributed by atoms with van der Waals surface area (Å²) >= 11 is 0. The number of fused-ring (bicyclic) bond motifs is 4. The van der Waals surface area contributed by atoms with Gasteiger partial charge in [0.2, 0.25) is 0 Å². The SMILES string of the molecule is CCO[C@@H]1C[C@]2(C)O[C@@]1(C(=O)NC[C@@H]1CC[C@H]3C[C@@H]1C3(C)C)C(=O)N2C. The van der Waals surface area contributed by atoms with Crippen molar-refractivity contribution in [2.75, 3.05) is 20.2 Å². The number of rotatable bonds is 5. The molecule has 2 amide bonds. The first-order chi connectivity index (χ1) is 12.2. The van der Waals surface area contributed by atoms with Crippen molar-refractivity contribution in [1.82, 2.24) is 10.2 Å². The molecule has 6 atom stereocenters. The number of carbonyl (C=O) groups is 2. The highest BCUT2D eigenvalue weighted by molar-refractivity contribution is 6.11. The number of carbonyl (C=O) groups excluding carboxylic acids is 2. The maximum Gasteiger partial charge on any atom is 0.269 e. The van der Waals surface area contributed by atoms with Crippen LogP contribution in [0.4, 0.5) is 0 Å². The minimum atomic E-state index is -1.52. The molecule has 2 saturated heterocycles. The van der Waals surface area contributed by atoms with Crippen molar-refractivity contribution in [1.29, 1.82) is 0 Å². The van der Waals surface area contributed by atoms with E-state index < -0.39 is 17.4 Å². The topological polar surface area (TPSA) is 67.9 Å². The molecule has 2 heterocycles. The summed E-state index contributed by atoms with van der Waals surface area (Å²) in [5.41, 5.74) is -1.90. The first-order valence-corrected chi connectivity index (χ1v) is 10.0. The van der Waals surface area contributed by atoms with Crippen LogP contribution in [-0.2, 0) is 19.1 Å². The predicted octanol–water partition coefficient (Wildman–Crippen LogP) is 1.93. The molecule has 5 fully saturated rings. The number of nitrogens with one attached hydrogen (secondary N) is 1. The Morgan fingerprint density at radius 3 is 2.65 bits per heavy atom. The monoisotopic (exact) mass is 364 g/mol. The molecule has 0 aromatic carbocycles. The summed E-state index contributed by atoms with van der Waals surface area (Å²) in [6.45, 7) is 9.52. The molecule has 0 aromatic heterocycles. The molecule has 0 radical (unpaired) electrons.